The zero-order valence-corrected chi connectivity index (χ0v) is 35.4. The zero-order chi connectivity index (χ0) is 42.2. The molecule has 2 aliphatic rings. The number of hydrogen-bond acceptors (Lipinski definition) is 8. The van der Waals surface area contributed by atoms with Crippen LogP contribution in [0.2, 0.25) is 0 Å². The number of carbonyl (C=O) groups is 4. The van der Waals surface area contributed by atoms with E-state index in [1.165, 1.54) is 16.0 Å². The molecule has 1 aliphatic carbocycles. The lowest BCUT2D eigenvalue weighted by Crippen LogP contribution is -2.41. The number of carboxylic acids is 1. The lowest BCUT2D eigenvalue weighted by Gasteiger charge is -2.29. The van der Waals surface area contributed by atoms with E-state index < -0.39 is 5.97 Å². The van der Waals surface area contributed by atoms with E-state index in [1.807, 2.05) is 31.3 Å². The van der Waals surface area contributed by atoms with Gasteiger partial charge in [-0.1, -0.05) is 69.5 Å². The Morgan fingerprint density at radius 3 is 2.31 bits per heavy atom. The molecule has 0 unspecified atom stereocenters. The number of benzene rings is 3. The first-order chi connectivity index (χ1) is 27.8. The van der Waals surface area contributed by atoms with Crippen molar-refractivity contribution in [3.8, 4) is 0 Å². The molecular weight excluding hydrogens is 749 g/mol. The summed E-state index contributed by atoms with van der Waals surface area (Å²) in [5, 5.41) is 16.3. The summed E-state index contributed by atoms with van der Waals surface area (Å²) in [4.78, 5) is 52.6. The maximum absolute atomic E-state index is 13.3. The third kappa shape index (κ3) is 13.1. The summed E-state index contributed by atoms with van der Waals surface area (Å²) in [5.74, 6) is -1.01. The number of carboxylic acid groups (broad SMARTS) is 1. The van der Waals surface area contributed by atoms with E-state index in [4.69, 9.17) is 9.84 Å². The molecule has 2 amide bonds. The first kappa shape index (κ1) is 45.3. The minimum atomic E-state index is -0.909. The first-order valence-corrected chi connectivity index (χ1v) is 20.5. The smallest absolute Gasteiger partial charge is 0.335 e. The number of ether oxygens (including phenoxy) is 1. The molecule has 1 saturated heterocycles. The minimum Gasteiger partial charge on any atom is -0.478 e. The highest BCUT2D eigenvalue weighted by molar-refractivity contribution is 7.16. The number of thiophene rings is 1. The number of nitrogens with zero attached hydrogens (tertiary/aromatic N) is 2. The number of carbonyl (C=O) groups excluding carboxylic acids is 3. The van der Waals surface area contributed by atoms with Gasteiger partial charge in [0.1, 0.15) is 11.3 Å². The molecule has 0 spiro atoms. The number of likely N-dealkylation sites (N-methyl/N-ethyl adjacent to an activating group) is 1. The topological polar surface area (TPSA) is 128 Å². The van der Waals surface area contributed by atoms with Crippen LogP contribution in [-0.4, -0.2) is 92.5 Å². The van der Waals surface area contributed by atoms with E-state index in [9.17, 15) is 19.2 Å². The van der Waals surface area contributed by atoms with Crippen molar-refractivity contribution in [3.63, 3.8) is 0 Å². The van der Waals surface area contributed by atoms with Gasteiger partial charge in [0, 0.05) is 62.0 Å². The molecule has 3 N–H and O–H groups in total. The third-order valence-corrected chi connectivity index (χ3v) is 11.6. The molecule has 10 nitrogen and oxygen atoms in total. The molecule has 308 valence electrons. The van der Waals surface area contributed by atoms with Gasteiger partial charge in [-0.2, -0.15) is 0 Å². The maximum atomic E-state index is 13.3. The fourth-order valence-corrected chi connectivity index (χ4v) is 8.30. The Morgan fingerprint density at radius 2 is 1.69 bits per heavy atom. The van der Waals surface area contributed by atoms with Gasteiger partial charge in [0.15, 0.2) is 0 Å². The fourth-order valence-electron chi connectivity index (χ4n) is 6.85. The van der Waals surface area contributed by atoms with Gasteiger partial charge >= 0.3 is 5.97 Å². The van der Waals surface area contributed by atoms with Crippen LogP contribution in [0.25, 0.3) is 0 Å². The number of fused-ring (bicyclic) bond motifs is 1. The normalized spacial score (nSPS) is 14.2. The molecule has 11 heteroatoms. The zero-order valence-electron chi connectivity index (χ0n) is 34.6. The lowest BCUT2D eigenvalue weighted by atomic mass is 9.77. The van der Waals surface area contributed by atoms with Crippen molar-refractivity contribution in [2.75, 3.05) is 64.1 Å². The molecule has 0 atom stereocenters. The van der Waals surface area contributed by atoms with Crippen molar-refractivity contribution in [3.05, 3.63) is 141 Å². The van der Waals surface area contributed by atoms with Gasteiger partial charge in [-0.15, -0.1) is 11.3 Å². The predicted octanol–water partition coefficient (Wildman–Crippen LogP) is 8.61. The van der Waals surface area contributed by atoms with Crippen molar-refractivity contribution >= 4 is 46.1 Å². The molecule has 4 aromatic rings. The molecule has 6 rings (SSSR count). The summed E-state index contributed by atoms with van der Waals surface area (Å²) in [6.45, 7) is 18.3. The number of anilines is 2. The fraction of sp³-hybridized carbons (Fsp3) is 0.362. The number of amides is 2. The van der Waals surface area contributed by atoms with Crippen LogP contribution in [0, 0.1) is 12.3 Å². The summed E-state index contributed by atoms with van der Waals surface area (Å²) in [5.41, 5.74) is 7.91. The summed E-state index contributed by atoms with van der Waals surface area (Å²) in [6, 6.07) is 19.9. The van der Waals surface area contributed by atoms with Crippen molar-refractivity contribution in [2.24, 2.45) is 5.41 Å². The van der Waals surface area contributed by atoms with E-state index in [0.717, 1.165) is 98.6 Å². The van der Waals surface area contributed by atoms with Crippen molar-refractivity contribution in [1.29, 1.82) is 0 Å². The van der Waals surface area contributed by atoms with Gasteiger partial charge < -0.3 is 25.4 Å². The number of aromatic carboxylic acids is 1. The van der Waals surface area contributed by atoms with E-state index in [0.29, 0.717) is 23.2 Å². The van der Waals surface area contributed by atoms with Gasteiger partial charge in [0.25, 0.3) is 11.8 Å². The average molecular weight is 807 g/mol. The monoisotopic (exact) mass is 806 g/mol. The molecule has 0 bridgehead atoms. The molecule has 1 aliphatic heterocycles. The van der Waals surface area contributed by atoms with Gasteiger partial charge in [-0.25, -0.2) is 4.79 Å². The lowest BCUT2D eigenvalue weighted by molar-refractivity contribution is 0.0338. The Labute approximate surface area is 347 Å². The first-order valence-electron chi connectivity index (χ1n) is 19.7. The third-order valence-electron chi connectivity index (χ3n) is 10.4. The highest BCUT2D eigenvalue weighted by Crippen LogP contribution is 2.44. The number of allylic oxidation sites excluding steroid dienone is 2. The van der Waals surface area contributed by atoms with Gasteiger partial charge in [-0.05, 0) is 103 Å². The van der Waals surface area contributed by atoms with Crippen LogP contribution in [-0.2, 0) is 30.4 Å². The molecule has 58 heavy (non-hydrogen) atoms. The number of rotatable bonds is 13. The molecule has 1 fully saturated rings. The summed E-state index contributed by atoms with van der Waals surface area (Å²) < 4.78 is 5.29. The van der Waals surface area contributed by atoms with Crippen LogP contribution in [0.5, 0.6) is 0 Å². The Balaban J connectivity index is 0.000000262. The Hall–Kier alpha value is -5.36. The van der Waals surface area contributed by atoms with E-state index in [2.05, 4.69) is 55.5 Å². The predicted molar refractivity (Wildman–Crippen MR) is 236 cm³/mol. The van der Waals surface area contributed by atoms with Gasteiger partial charge in [-0.3, -0.25) is 19.3 Å². The molecule has 1 aromatic heterocycles. The standard InChI is InChI=1S/C28H32N2O3S.C15H20N2O3.C4H6/c1-17-15-21(12-11-19(17)8-5-18-6-9-20(10-7-18)27(32)33)30-25(31)24-22-13-14-28(2,3)16-23(22)34-26(24)29-4;1-16(5-6-17-7-9-20-10-8-17)15(19)14-4-2-3-13(11-14)12-18;1-3-4-2/h6-7,9-12,15,29H,5,8,13-14,16H2,1-4H3,(H,30,31)(H,32,33);2-4,11-12H,5-10H2,1H3;3-4H,1-2H2. The largest absolute Gasteiger partial charge is 0.478 e. The summed E-state index contributed by atoms with van der Waals surface area (Å²) in [6.07, 6.45) is 8.76. The van der Waals surface area contributed by atoms with Crippen LogP contribution in [0.4, 0.5) is 10.7 Å². The van der Waals surface area contributed by atoms with Gasteiger partial charge in [0.2, 0.25) is 0 Å². The number of hydrogen-bond donors (Lipinski definition) is 3. The number of aryl methyl sites for hydroxylation is 3. The van der Waals surface area contributed by atoms with E-state index in [-0.39, 0.29) is 17.2 Å². The van der Waals surface area contributed by atoms with Crippen LogP contribution in [0.1, 0.15) is 88.8 Å². The Kier molecular flexibility index (Phi) is 17.2. The van der Waals surface area contributed by atoms with Crippen LogP contribution in [0.3, 0.4) is 0 Å². The molecule has 0 saturated carbocycles. The number of aldehydes is 1. The van der Waals surface area contributed by atoms with Crippen molar-refractivity contribution < 1.29 is 29.0 Å². The second-order valence-electron chi connectivity index (χ2n) is 15.3. The second-order valence-corrected chi connectivity index (χ2v) is 16.4. The Morgan fingerprint density at radius 1 is 0.983 bits per heavy atom. The summed E-state index contributed by atoms with van der Waals surface area (Å²) >= 11 is 1.71. The van der Waals surface area contributed by atoms with Crippen LogP contribution >= 0.6 is 11.3 Å². The van der Waals surface area contributed by atoms with Crippen LogP contribution < -0.4 is 10.6 Å². The Bertz CT molecular complexity index is 2040. The molecule has 2 heterocycles. The number of nitrogens with one attached hydrogen (secondary N) is 2. The van der Waals surface area contributed by atoms with Crippen LogP contribution in [0.15, 0.2) is 92.0 Å². The molecule has 0 radical (unpaired) electrons. The van der Waals surface area contributed by atoms with Gasteiger partial charge in [0.05, 0.1) is 24.3 Å². The van der Waals surface area contributed by atoms with E-state index >= 15 is 0 Å². The maximum Gasteiger partial charge on any atom is 0.335 e. The highest BCUT2D eigenvalue weighted by Gasteiger charge is 2.32. The number of morpholine rings is 1. The van der Waals surface area contributed by atoms with Crippen molar-refractivity contribution in [1.82, 2.24) is 9.80 Å². The molecular formula is C47H58N4O6S. The van der Waals surface area contributed by atoms with E-state index in [1.54, 1.807) is 71.8 Å². The highest BCUT2D eigenvalue weighted by atomic mass is 32.1. The second kappa shape index (κ2) is 22.0. The summed E-state index contributed by atoms with van der Waals surface area (Å²) in [7, 11) is 3.67. The minimum absolute atomic E-state index is 0.0489. The van der Waals surface area contributed by atoms with Crippen molar-refractivity contribution in [2.45, 2.75) is 52.9 Å². The molecule has 3 aromatic carbocycles. The SMILES string of the molecule is C=CC=C.CN(CCN1CCOCC1)C(=O)c1cccc(C=O)c1.CNc1sc2c(c1C(=O)Nc1ccc(CCc3ccc(C(=O)O)cc3)c(C)c1)CCC(C)(C)C2. The quantitative estimate of drug-likeness (QED) is 0.0906. The average Bonchev–Trinajstić information content (AvgIpc) is 3.60.